The molecule has 0 saturated carbocycles. The van der Waals surface area contributed by atoms with Crippen molar-refractivity contribution >= 4 is 5.78 Å². The van der Waals surface area contributed by atoms with Crippen molar-refractivity contribution in [1.82, 2.24) is 9.88 Å². The van der Waals surface area contributed by atoms with Gasteiger partial charge in [0.15, 0.2) is 5.78 Å². The van der Waals surface area contributed by atoms with Crippen LogP contribution in [-0.2, 0) is 11.2 Å². The summed E-state index contributed by atoms with van der Waals surface area (Å²) >= 11 is 0. The van der Waals surface area contributed by atoms with E-state index >= 15 is 0 Å². The molecule has 2 rings (SSSR count). The van der Waals surface area contributed by atoms with Gasteiger partial charge in [0, 0.05) is 6.20 Å². The van der Waals surface area contributed by atoms with E-state index < -0.39 is 0 Å². The van der Waals surface area contributed by atoms with Crippen LogP contribution in [0.2, 0.25) is 0 Å². The standard InChI is InChI=1S/C18H28N2O/c1-5-18(6-2,20(7-3)8-4)17(21)15-12-11-14-10-9-13-19-16(14)15/h9-10,13,15H,5-8,11-12H2,1-4H3. The SMILES string of the molecule is CCN(CC)C(CC)(CC)C(=O)C1CCc2cccnc21. The zero-order valence-corrected chi connectivity index (χ0v) is 13.9. The maximum Gasteiger partial charge on any atom is 0.162 e. The van der Waals surface area contributed by atoms with Crippen LogP contribution in [-0.4, -0.2) is 34.3 Å². The molecule has 1 atom stereocenters. The summed E-state index contributed by atoms with van der Waals surface area (Å²) < 4.78 is 0. The van der Waals surface area contributed by atoms with Gasteiger partial charge in [-0.25, -0.2) is 0 Å². The molecule has 0 spiro atoms. The summed E-state index contributed by atoms with van der Waals surface area (Å²) in [5.74, 6) is 0.371. The molecule has 3 nitrogen and oxygen atoms in total. The van der Waals surface area contributed by atoms with Gasteiger partial charge >= 0.3 is 0 Å². The van der Waals surface area contributed by atoms with Crippen molar-refractivity contribution in [2.45, 2.75) is 64.8 Å². The maximum atomic E-state index is 13.4. The number of carbonyl (C=O) groups is 1. The third-order valence-electron chi connectivity index (χ3n) is 5.27. The van der Waals surface area contributed by atoms with Gasteiger partial charge in [0.25, 0.3) is 0 Å². The third-order valence-corrected chi connectivity index (χ3v) is 5.27. The van der Waals surface area contributed by atoms with E-state index in [2.05, 4.69) is 43.6 Å². The first kappa shape index (κ1) is 16.2. The van der Waals surface area contributed by atoms with Crippen molar-refractivity contribution in [3.63, 3.8) is 0 Å². The number of hydrogen-bond donors (Lipinski definition) is 0. The summed E-state index contributed by atoms with van der Waals surface area (Å²) in [5, 5.41) is 0. The average Bonchev–Trinajstić information content (AvgIpc) is 2.96. The molecule has 0 bridgehead atoms. The van der Waals surface area contributed by atoms with E-state index in [1.54, 1.807) is 0 Å². The van der Waals surface area contributed by atoms with Gasteiger partial charge in [-0.05, 0) is 50.4 Å². The Hall–Kier alpha value is -1.22. The largest absolute Gasteiger partial charge is 0.297 e. The number of Topliss-reactive ketones (excluding diaryl/α,β-unsaturated/α-hetero) is 1. The number of ketones is 1. The number of pyridine rings is 1. The van der Waals surface area contributed by atoms with Crippen LogP contribution in [0.25, 0.3) is 0 Å². The van der Waals surface area contributed by atoms with Gasteiger partial charge in [-0.15, -0.1) is 0 Å². The molecule has 116 valence electrons. The van der Waals surface area contributed by atoms with Crippen LogP contribution in [0, 0.1) is 0 Å². The lowest BCUT2D eigenvalue weighted by Gasteiger charge is -2.42. The van der Waals surface area contributed by atoms with Gasteiger partial charge in [0.1, 0.15) is 0 Å². The molecule has 1 aliphatic rings. The minimum atomic E-state index is -0.326. The first-order chi connectivity index (χ1) is 10.1. The van der Waals surface area contributed by atoms with Gasteiger partial charge in [0.2, 0.25) is 0 Å². The van der Waals surface area contributed by atoms with Gasteiger partial charge < -0.3 is 0 Å². The molecule has 0 fully saturated rings. The summed E-state index contributed by atoms with van der Waals surface area (Å²) in [7, 11) is 0. The Morgan fingerprint density at radius 3 is 2.52 bits per heavy atom. The Morgan fingerprint density at radius 2 is 1.95 bits per heavy atom. The van der Waals surface area contributed by atoms with Crippen LogP contribution < -0.4 is 0 Å². The molecule has 21 heavy (non-hydrogen) atoms. The lowest BCUT2D eigenvalue weighted by molar-refractivity contribution is -0.133. The number of aromatic nitrogens is 1. The van der Waals surface area contributed by atoms with E-state index in [1.165, 1.54) is 5.56 Å². The molecule has 1 unspecified atom stereocenters. The Kier molecular flexibility index (Phi) is 5.15. The zero-order chi connectivity index (χ0) is 15.5. The normalized spacial score (nSPS) is 18.0. The highest BCUT2D eigenvalue weighted by Gasteiger charge is 2.45. The van der Waals surface area contributed by atoms with Crippen molar-refractivity contribution in [2.24, 2.45) is 0 Å². The van der Waals surface area contributed by atoms with Crippen LogP contribution in [0.15, 0.2) is 18.3 Å². The molecular weight excluding hydrogens is 260 g/mol. The highest BCUT2D eigenvalue weighted by Crippen LogP contribution is 2.38. The number of carbonyl (C=O) groups excluding carboxylic acids is 1. The Bertz CT molecular complexity index is 490. The molecule has 1 aromatic heterocycles. The molecule has 1 aliphatic carbocycles. The van der Waals surface area contributed by atoms with E-state index in [-0.39, 0.29) is 11.5 Å². The molecule has 1 aromatic rings. The fourth-order valence-corrected chi connectivity index (χ4v) is 4.02. The smallest absolute Gasteiger partial charge is 0.162 e. The summed E-state index contributed by atoms with van der Waals surface area (Å²) in [6, 6.07) is 4.09. The predicted molar refractivity (Wildman–Crippen MR) is 86.5 cm³/mol. The number of nitrogens with zero attached hydrogens (tertiary/aromatic N) is 2. The number of fused-ring (bicyclic) bond motifs is 1. The maximum absolute atomic E-state index is 13.4. The van der Waals surface area contributed by atoms with Crippen LogP contribution >= 0.6 is 0 Å². The quantitative estimate of drug-likeness (QED) is 0.769. The topological polar surface area (TPSA) is 33.2 Å². The average molecular weight is 288 g/mol. The Labute approximate surface area is 128 Å². The summed E-state index contributed by atoms with van der Waals surface area (Å²) in [4.78, 5) is 20.2. The van der Waals surface area contributed by atoms with Gasteiger partial charge in [0.05, 0.1) is 17.2 Å². The van der Waals surface area contributed by atoms with E-state index in [4.69, 9.17) is 0 Å². The molecule has 0 N–H and O–H groups in total. The number of aryl methyl sites for hydroxylation is 1. The first-order valence-electron chi connectivity index (χ1n) is 8.37. The van der Waals surface area contributed by atoms with Gasteiger partial charge in [-0.1, -0.05) is 33.8 Å². The van der Waals surface area contributed by atoms with E-state index in [0.29, 0.717) is 5.78 Å². The molecule has 0 amide bonds. The van der Waals surface area contributed by atoms with Crippen LogP contribution in [0.4, 0.5) is 0 Å². The summed E-state index contributed by atoms with van der Waals surface area (Å²) in [6.45, 7) is 10.4. The molecule has 0 radical (unpaired) electrons. The summed E-state index contributed by atoms with van der Waals surface area (Å²) in [5.41, 5.74) is 1.96. The zero-order valence-electron chi connectivity index (χ0n) is 13.9. The fourth-order valence-electron chi connectivity index (χ4n) is 4.02. The second kappa shape index (κ2) is 6.69. The van der Waals surface area contributed by atoms with Crippen molar-refractivity contribution in [3.8, 4) is 0 Å². The molecule has 3 heteroatoms. The highest BCUT2D eigenvalue weighted by atomic mass is 16.1. The van der Waals surface area contributed by atoms with Crippen molar-refractivity contribution < 1.29 is 4.79 Å². The van der Waals surface area contributed by atoms with Crippen LogP contribution in [0.3, 0.4) is 0 Å². The molecule has 1 heterocycles. The third kappa shape index (κ3) is 2.64. The van der Waals surface area contributed by atoms with E-state index in [0.717, 1.165) is 44.5 Å². The predicted octanol–water partition coefficient (Wildman–Crippen LogP) is 3.58. The first-order valence-corrected chi connectivity index (χ1v) is 8.37. The summed E-state index contributed by atoms with van der Waals surface area (Å²) in [6.07, 6.45) is 5.49. The number of likely N-dealkylation sites (N-methyl/N-ethyl adjacent to an activating group) is 1. The van der Waals surface area contributed by atoms with Crippen LogP contribution in [0.5, 0.6) is 0 Å². The van der Waals surface area contributed by atoms with Crippen molar-refractivity contribution in [1.29, 1.82) is 0 Å². The Morgan fingerprint density at radius 1 is 1.29 bits per heavy atom. The van der Waals surface area contributed by atoms with Crippen molar-refractivity contribution in [2.75, 3.05) is 13.1 Å². The minimum Gasteiger partial charge on any atom is -0.297 e. The molecular formula is C18H28N2O. The Balaban J connectivity index is 2.36. The number of rotatable bonds is 7. The van der Waals surface area contributed by atoms with Gasteiger partial charge in [-0.2, -0.15) is 0 Å². The molecule has 0 saturated heterocycles. The number of hydrogen-bond acceptors (Lipinski definition) is 3. The van der Waals surface area contributed by atoms with Crippen molar-refractivity contribution in [3.05, 3.63) is 29.6 Å². The van der Waals surface area contributed by atoms with Gasteiger partial charge in [-0.3, -0.25) is 14.7 Å². The van der Waals surface area contributed by atoms with E-state index in [1.807, 2.05) is 12.3 Å². The monoisotopic (exact) mass is 288 g/mol. The highest BCUT2D eigenvalue weighted by molar-refractivity contribution is 5.94. The van der Waals surface area contributed by atoms with E-state index in [9.17, 15) is 4.79 Å². The second-order valence-electron chi connectivity index (χ2n) is 5.91. The lowest BCUT2D eigenvalue weighted by atomic mass is 9.78. The minimum absolute atomic E-state index is 0.0123. The lowest BCUT2D eigenvalue weighted by Crippen LogP contribution is -2.55. The van der Waals surface area contributed by atoms with Crippen LogP contribution in [0.1, 0.15) is 64.1 Å². The molecule has 0 aliphatic heterocycles. The fraction of sp³-hybridized carbons (Fsp3) is 0.667. The second-order valence-corrected chi connectivity index (χ2v) is 5.91. The molecule has 0 aromatic carbocycles.